The fraction of sp³-hybridized carbons (Fsp3) is 0.250. The van der Waals surface area contributed by atoms with Gasteiger partial charge in [0.25, 0.3) is 0 Å². The first-order valence-corrected chi connectivity index (χ1v) is 14.4. The molecule has 0 radical (unpaired) electrons. The molecule has 0 saturated heterocycles. The van der Waals surface area contributed by atoms with Crippen molar-refractivity contribution in [1.82, 2.24) is 9.88 Å². The Morgan fingerprint density at radius 3 is 2.33 bits per heavy atom. The summed E-state index contributed by atoms with van der Waals surface area (Å²) < 4.78 is 24.6. The minimum atomic E-state index is -0.227. The van der Waals surface area contributed by atoms with Crippen LogP contribution in [0.3, 0.4) is 0 Å². The third-order valence-corrected chi connectivity index (χ3v) is 7.55. The van der Waals surface area contributed by atoms with Gasteiger partial charge in [-0.3, -0.25) is 4.79 Å². The maximum absolute atomic E-state index is 13.2. The lowest BCUT2D eigenvalue weighted by Crippen LogP contribution is -2.28. The van der Waals surface area contributed by atoms with Gasteiger partial charge in [0.2, 0.25) is 5.91 Å². The number of nitrogens with zero attached hydrogens (tertiary/aromatic N) is 1. The van der Waals surface area contributed by atoms with Crippen molar-refractivity contribution in [2.45, 2.75) is 25.5 Å². The molecule has 0 bridgehead atoms. The maximum Gasteiger partial charge on any atom is 0.221 e. The van der Waals surface area contributed by atoms with E-state index in [0.29, 0.717) is 37.8 Å². The van der Waals surface area contributed by atoms with Crippen LogP contribution >= 0.6 is 0 Å². The molecule has 0 aliphatic carbocycles. The number of nitrogens with one attached hydrogen (secondary N) is 1. The van der Waals surface area contributed by atoms with E-state index in [-0.39, 0.29) is 18.2 Å². The molecule has 7 heteroatoms. The highest BCUT2D eigenvalue weighted by atomic mass is 16.5. The molecule has 0 aliphatic rings. The number of hydrogen-bond acceptors (Lipinski definition) is 5. The van der Waals surface area contributed by atoms with Crippen molar-refractivity contribution in [3.63, 3.8) is 0 Å². The molecule has 43 heavy (non-hydrogen) atoms. The second kappa shape index (κ2) is 14.4. The lowest BCUT2D eigenvalue weighted by molar-refractivity contribution is -0.121. The molecule has 4 aromatic carbocycles. The van der Waals surface area contributed by atoms with Crippen LogP contribution in [-0.2, 0) is 22.7 Å². The number of para-hydroxylation sites is 1. The highest BCUT2D eigenvalue weighted by Gasteiger charge is 2.24. The van der Waals surface area contributed by atoms with Gasteiger partial charge in [-0.15, -0.1) is 0 Å². The van der Waals surface area contributed by atoms with Crippen molar-refractivity contribution in [2.75, 3.05) is 34.5 Å². The quantitative estimate of drug-likeness (QED) is 0.151. The van der Waals surface area contributed by atoms with Gasteiger partial charge < -0.3 is 28.8 Å². The van der Waals surface area contributed by atoms with Gasteiger partial charge in [0.05, 0.1) is 20.8 Å². The van der Waals surface area contributed by atoms with E-state index in [1.165, 1.54) is 0 Å². The van der Waals surface area contributed by atoms with Gasteiger partial charge in [-0.1, -0.05) is 66.7 Å². The van der Waals surface area contributed by atoms with E-state index >= 15 is 0 Å². The molecule has 1 N–H and O–H groups in total. The smallest absolute Gasteiger partial charge is 0.221 e. The molecule has 7 nitrogen and oxygen atoms in total. The van der Waals surface area contributed by atoms with Crippen molar-refractivity contribution < 1.29 is 23.7 Å². The average Bonchev–Trinajstić information content (AvgIpc) is 3.41. The third kappa shape index (κ3) is 7.37. The Hall–Kier alpha value is -4.75. The normalized spacial score (nSPS) is 11.7. The van der Waals surface area contributed by atoms with Gasteiger partial charge in [-0.2, -0.15) is 0 Å². The monoisotopic (exact) mass is 578 g/mol. The Bertz CT molecular complexity index is 1630. The minimum absolute atomic E-state index is 0.0448. The number of hydrogen-bond donors (Lipinski definition) is 1. The van der Waals surface area contributed by atoms with Crippen LogP contribution in [0.5, 0.6) is 17.2 Å². The number of amides is 1. The molecule has 5 rings (SSSR count). The van der Waals surface area contributed by atoms with Gasteiger partial charge in [0.15, 0.2) is 11.5 Å². The van der Waals surface area contributed by atoms with Crippen LogP contribution in [-0.4, -0.2) is 45.0 Å². The standard InChI is InChI=1S/C36H38N2O5/c1-40-20-19-37-36(39)22-31(28-15-18-34(42-3)35(21-28)43-25-27-9-5-4-6-10-27)32-24-38(33-12-8-7-11-30(32)33)23-26-13-16-29(41-2)17-14-26/h4-18,21,24,31H,19-20,22-23,25H2,1-3H3,(H,37,39)/t31-/m0/s1. The molecule has 1 atom stereocenters. The van der Waals surface area contributed by atoms with Crippen molar-refractivity contribution in [3.8, 4) is 17.2 Å². The number of aromatic nitrogens is 1. The van der Waals surface area contributed by atoms with Crippen LogP contribution in [0.1, 0.15) is 34.6 Å². The first-order valence-electron chi connectivity index (χ1n) is 14.4. The molecular weight excluding hydrogens is 540 g/mol. The Morgan fingerprint density at radius 1 is 0.814 bits per heavy atom. The van der Waals surface area contributed by atoms with Crippen LogP contribution in [0.4, 0.5) is 0 Å². The molecule has 0 unspecified atom stereocenters. The number of methoxy groups -OCH3 is 3. The van der Waals surface area contributed by atoms with Gasteiger partial charge in [-0.25, -0.2) is 0 Å². The van der Waals surface area contributed by atoms with Gasteiger partial charge in [0, 0.05) is 49.6 Å². The van der Waals surface area contributed by atoms with Crippen LogP contribution in [0.15, 0.2) is 103 Å². The minimum Gasteiger partial charge on any atom is -0.497 e. The SMILES string of the molecule is COCCNC(=O)C[C@@H](c1ccc(OC)c(OCc2ccccc2)c1)c1cn(Cc2ccc(OC)cc2)c2ccccc12. The molecule has 222 valence electrons. The summed E-state index contributed by atoms with van der Waals surface area (Å²) in [5.74, 6) is 1.83. The van der Waals surface area contributed by atoms with Crippen molar-refractivity contribution in [1.29, 1.82) is 0 Å². The number of ether oxygens (including phenoxy) is 4. The Balaban J connectivity index is 1.53. The zero-order chi connectivity index (χ0) is 30.0. The van der Waals surface area contributed by atoms with E-state index in [9.17, 15) is 4.79 Å². The summed E-state index contributed by atoms with van der Waals surface area (Å²) in [4.78, 5) is 13.2. The molecule has 0 aliphatic heterocycles. The number of rotatable bonds is 14. The van der Waals surface area contributed by atoms with E-state index < -0.39 is 0 Å². The van der Waals surface area contributed by atoms with Crippen molar-refractivity contribution in [2.24, 2.45) is 0 Å². The molecule has 1 amide bonds. The van der Waals surface area contributed by atoms with Gasteiger partial charge >= 0.3 is 0 Å². The topological polar surface area (TPSA) is 71.0 Å². The summed E-state index contributed by atoms with van der Waals surface area (Å²) >= 11 is 0. The molecule has 0 fully saturated rings. The predicted octanol–water partition coefficient (Wildman–Crippen LogP) is 6.57. The summed E-state index contributed by atoms with van der Waals surface area (Å²) in [6.45, 7) is 2.00. The van der Waals surface area contributed by atoms with E-state index in [1.807, 2.05) is 72.8 Å². The van der Waals surface area contributed by atoms with E-state index in [1.54, 1.807) is 21.3 Å². The second-order valence-corrected chi connectivity index (χ2v) is 10.4. The number of carbonyl (C=O) groups is 1. The third-order valence-electron chi connectivity index (χ3n) is 7.55. The van der Waals surface area contributed by atoms with E-state index in [4.69, 9.17) is 18.9 Å². The molecule has 1 aromatic heterocycles. The predicted molar refractivity (Wildman–Crippen MR) is 169 cm³/mol. The van der Waals surface area contributed by atoms with Gasteiger partial charge in [-0.05, 0) is 52.6 Å². The lowest BCUT2D eigenvalue weighted by Gasteiger charge is -2.20. The first-order chi connectivity index (χ1) is 21.1. The van der Waals surface area contributed by atoms with Crippen molar-refractivity contribution >= 4 is 16.8 Å². The largest absolute Gasteiger partial charge is 0.497 e. The maximum atomic E-state index is 13.2. The zero-order valence-electron chi connectivity index (χ0n) is 24.9. The average molecular weight is 579 g/mol. The summed E-state index contributed by atoms with van der Waals surface area (Å²) in [7, 11) is 4.93. The highest BCUT2D eigenvalue weighted by molar-refractivity contribution is 5.87. The van der Waals surface area contributed by atoms with Gasteiger partial charge in [0.1, 0.15) is 12.4 Å². The Labute approximate surface area is 253 Å². The number of benzene rings is 4. The van der Waals surface area contributed by atoms with Crippen LogP contribution in [0.25, 0.3) is 10.9 Å². The molecule has 5 aromatic rings. The van der Waals surface area contributed by atoms with Crippen LogP contribution in [0.2, 0.25) is 0 Å². The summed E-state index contributed by atoms with van der Waals surface area (Å²) in [6, 6.07) is 32.4. The zero-order valence-corrected chi connectivity index (χ0v) is 24.9. The van der Waals surface area contributed by atoms with Crippen molar-refractivity contribution in [3.05, 3.63) is 126 Å². The molecule has 0 saturated carbocycles. The first kappa shape index (κ1) is 29.7. The van der Waals surface area contributed by atoms with Crippen LogP contribution in [0, 0.1) is 0 Å². The molecular formula is C36H38N2O5. The fourth-order valence-electron chi connectivity index (χ4n) is 5.33. The summed E-state index contributed by atoms with van der Waals surface area (Å²) in [6.07, 6.45) is 2.45. The molecule has 0 spiro atoms. The Kier molecular flexibility index (Phi) is 9.97. The Morgan fingerprint density at radius 2 is 1.58 bits per heavy atom. The molecule has 1 heterocycles. The van der Waals surface area contributed by atoms with E-state index in [0.717, 1.165) is 38.9 Å². The fourth-order valence-corrected chi connectivity index (χ4v) is 5.33. The highest BCUT2D eigenvalue weighted by Crippen LogP contribution is 2.39. The van der Waals surface area contributed by atoms with E-state index in [2.05, 4.69) is 40.3 Å². The number of carbonyl (C=O) groups excluding carboxylic acids is 1. The second-order valence-electron chi connectivity index (χ2n) is 10.4. The number of fused-ring (bicyclic) bond motifs is 1. The van der Waals surface area contributed by atoms with Crippen LogP contribution < -0.4 is 19.5 Å². The summed E-state index contributed by atoms with van der Waals surface area (Å²) in [5.41, 5.74) is 5.36. The summed E-state index contributed by atoms with van der Waals surface area (Å²) in [5, 5.41) is 4.11. The lowest BCUT2D eigenvalue weighted by atomic mass is 9.87.